The van der Waals surface area contributed by atoms with E-state index < -0.39 is 0 Å². The van der Waals surface area contributed by atoms with Crippen molar-refractivity contribution in [3.63, 3.8) is 0 Å². The van der Waals surface area contributed by atoms with Crippen molar-refractivity contribution >= 4 is 11.7 Å². The topological polar surface area (TPSA) is 58.6 Å². The number of Topliss-reactive ketones (excluding diaryl/α,β-unsaturated/α-hetero) is 1. The van der Waals surface area contributed by atoms with E-state index in [1.54, 1.807) is 19.2 Å². The number of ketones is 1. The average molecular weight is 292 g/mol. The highest BCUT2D eigenvalue weighted by Gasteiger charge is 2.13. The summed E-state index contributed by atoms with van der Waals surface area (Å²) in [7, 11) is 1.60. The van der Waals surface area contributed by atoms with E-state index in [-0.39, 0.29) is 11.7 Å². The Morgan fingerprint density at radius 2 is 2.00 bits per heavy atom. The third-order valence-corrected chi connectivity index (χ3v) is 3.27. The van der Waals surface area contributed by atoms with Crippen molar-refractivity contribution in [2.75, 3.05) is 26.7 Å². The molecule has 0 aliphatic heterocycles. The fourth-order valence-electron chi connectivity index (χ4n) is 2.10. The van der Waals surface area contributed by atoms with Crippen LogP contribution in [0.25, 0.3) is 0 Å². The number of benzene rings is 1. The van der Waals surface area contributed by atoms with E-state index in [1.807, 2.05) is 24.8 Å². The van der Waals surface area contributed by atoms with Gasteiger partial charge in [0.2, 0.25) is 5.91 Å². The van der Waals surface area contributed by atoms with Crippen LogP contribution in [-0.2, 0) is 11.3 Å². The minimum Gasteiger partial charge on any atom is -0.496 e. The number of amides is 1. The highest BCUT2D eigenvalue weighted by atomic mass is 16.5. The van der Waals surface area contributed by atoms with Gasteiger partial charge in [-0.25, -0.2) is 0 Å². The molecule has 0 saturated heterocycles. The number of hydrogen-bond donors (Lipinski definition) is 1. The van der Waals surface area contributed by atoms with Crippen molar-refractivity contribution < 1.29 is 14.3 Å². The summed E-state index contributed by atoms with van der Waals surface area (Å²) in [4.78, 5) is 25.2. The van der Waals surface area contributed by atoms with Crippen LogP contribution in [0.3, 0.4) is 0 Å². The van der Waals surface area contributed by atoms with Crippen LogP contribution in [0.15, 0.2) is 18.2 Å². The van der Waals surface area contributed by atoms with Crippen molar-refractivity contribution in [1.82, 2.24) is 10.2 Å². The molecule has 0 heterocycles. The van der Waals surface area contributed by atoms with Gasteiger partial charge in [0.25, 0.3) is 0 Å². The molecular weight excluding hydrogens is 268 g/mol. The van der Waals surface area contributed by atoms with E-state index in [0.29, 0.717) is 25.2 Å². The molecule has 0 spiro atoms. The Bertz CT molecular complexity index is 500. The number of carbonyl (C=O) groups excluding carboxylic acids is 2. The molecule has 0 unspecified atom stereocenters. The van der Waals surface area contributed by atoms with E-state index in [4.69, 9.17) is 4.74 Å². The summed E-state index contributed by atoms with van der Waals surface area (Å²) in [6.07, 6.45) is 0. The van der Waals surface area contributed by atoms with Crippen LogP contribution in [0.5, 0.6) is 5.75 Å². The van der Waals surface area contributed by atoms with E-state index in [1.165, 1.54) is 6.92 Å². The zero-order valence-corrected chi connectivity index (χ0v) is 13.2. The lowest BCUT2D eigenvalue weighted by Gasteiger charge is -2.21. The first kappa shape index (κ1) is 17.2. The zero-order valence-electron chi connectivity index (χ0n) is 13.2. The van der Waals surface area contributed by atoms with Gasteiger partial charge < -0.3 is 10.1 Å². The Labute approximate surface area is 126 Å². The molecular formula is C16H24N2O3. The van der Waals surface area contributed by atoms with E-state index in [0.717, 1.165) is 17.9 Å². The molecule has 5 nitrogen and oxygen atoms in total. The molecule has 21 heavy (non-hydrogen) atoms. The van der Waals surface area contributed by atoms with Gasteiger partial charge in [0.15, 0.2) is 5.78 Å². The first-order chi connectivity index (χ1) is 10.0. The third kappa shape index (κ3) is 5.19. The molecule has 1 amide bonds. The van der Waals surface area contributed by atoms with Crippen LogP contribution in [0.1, 0.15) is 36.7 Å². The van der Waals surface area contributed by atoms with Crippen LogP contribution >= 0.6 is 0 Å². The number of rotatable bonds is 8. The Kier molecular flexibility index (Phi) is 6.88. The zero-order chi connectivity index (χ0) is 15.8. The largest absolute Gasteiger partial charge is 0.496 e. The highest BCUT2D eigenvalue weighted by Crippen LogP contribution is 2.22. The lowest BCUT2D eigenvalue weighted by molar-refractivity contribution is -0.122. The molecule has 0 saturated carbocycles. The number of methoxy groups -OCH3 is 1. The molecule has 1 rings (SSSR count). The average Bonchev–Trinajstić information content (AvgIpc) is 2.46. The quantitative estimate of drug-likeness (QED) is 0.743. The molecule has 1 aromatic rings. The Morgan fingerprint density at radius 3 is 2.52 bits per heavy atom. The fourth-order valence-corrected chi connectivity index (χ4v) is 2.10. The minimum absolute atomic E-state index is 0.000962. The van der Waals surface area contributed by atoms with E-state index in [9.17, 15) is 9.59 Å². The maximum Gasteiger partial charge on any atom is 0.234 e. The molecule has 1 N–H and O–H groups in total. The van der Waals surface area contributed by atoms with Gasteiger partial charge in [-0.15, -0.1) is 0 Å². The van der Waals surface area contributed by atoms with Crippen molar-refractivity contribution in [1.29, 1.82) is 0 Å². The predicted octanol–water partition coefficient (Wildman–Crippen LogP) is 1.86. The van der Waals surface area contributed by atoms with Gasteiger partial charge in [0.05, 0.1) is 13.7 Å². The molecule has 0 aliphatic carbocycles. The second kappa shape index (κ2) is 8.42. The standard InChI is InChI=1S/C16H24N2O3/c1-5-17-16(20)11-18(6-2)10-14-9-13(12(3)19)7-8-15(14)21-4/h7-9H,5-6,10-11H2,1-4H3,(H,17,20). The summed E-state index contributed by atoms with van der Waals surface area (Å²) in [5.41, 5.74) is 1.57. The summed E-state index contributed by atoms with van der Waals surface area (Å²) in [5.74, 6) is 0.751. The summed E-state index contributed by atoms with van der Waals surface area (Å²) in [5, 5.41) is 2.79. The van der Waals surface area contributed by atoms with Gasteiger partial charge in [-0.1, -0.05) is 6.92 Å². The van der Waals surface area contributed by atoms with Crippen molar-refractivity contribution in [2.24, 2.45) is 0 Å². The SMILES string of the molecule is CCNC(=O)CN(CC)Cc1cc(C(C)=O)ccc1OC. The molecule has 1 aromatic carbocycles. The van der Waals surface area contributed by atoms with Crippen molar-refractivity contribution in [3.05, 3.63) is 29.3 Å². The molecule has 0 bridgehead atoms. The maximum atomic E-state index is 11.7. The van der Waals surface area contributed by atoms with Crippen LogP contribution < -0.4 is 10.1 Å². The number of nitrogens with zero attached hydrogens (tertiary/aromatic N) is 1. The van der Waals surface area contributed by atoms with Crippen molar-refractivity contribution in [3.8, 4) is 5.75 Å². The minimum atomic E-state index is 0.000962. The summed E-state index contributed by atoms with van der Waals surface area (Å²) in [6, 6.07) is 5.39. The van der Waals surface area contributed by atoms with Gasteiger partial charge >= 0.3 is 0 Å². The van der Waals surface area contributed by atoms with Gasteiger partial charge in [-0.05, 0) is 38.6 Å². The van der Waals surface area contributed by atoms with Gasteiger partial charge in [-0.2, -0.15) is 0 Å². The van der Waals surface area contributed by atoms with Gasteiger partial charge in [0.1, 0.15) is 5.75 Å². The Morgan fingerprint density at radius 1 is 1.29 bits per heavy atom. The van der Waals surface area contributed by atoms with Crippen LogP contribution in [-0.4, -0.2) is 43.3 Å². The molecule has 0 radical (unpaired) electrons. The van der Waals surface area contributed by atoms with E-state index >= 15 is 0 Å². The molecule has 5 heteroatoms. The Hall–Kier alpha value is -1.88. The molecule has 0 aromatic heterocycles. The molecule has 0 aliphatic rings. The van der Waals surface area contributed by atoms with Crippen molar-refractivity contribution in [2.45, 2.75) is 27.3 Å². The smallest absolute Gasteiger partial charge is 0.234 e. The second-order valence-electron chi connectivity index (χ2n) is 4.84. The summed E-state index contributed by atoms with van der Waals surface area (Å²) >= 11 is 0. The normalized spacial score (nSPS) is 10.5. The first-order valence-electron chi connectivity index (χ1n) is 7.18. The lowest BCUT2D eigenvalue weighted by Crippen LogP contribution is -2.36. The predicted molar refractivity (Wildman–Crippen MR) is 82.6 cm³/mol. The van der Waals surface area contributed by atoms with Crippen LogP contribution in [0.4, 0.5) is 0 Å². The highest BCUT2D eigenvalue weighted by molar-refractivity contribution is 5.94. The van der Waals surface area contributed by atoms with Crippen LogP contribution in [0.2, 0.25) is 0 Å². The number of ether oxygens (including phenoxy) is 1. The lowest BCUT2D eigenvalue weighted by atomic mass is 10.1. The maximum absolute atomic E-state index is 11.7. The first-order valence-corrected chi connectivity index (χ1v) is 7.18. The number of carbonyl (C=O) groups is 2. The van der Waals surface area contributed by atoms with E-state index in [2.05, 4.69) is 5.32 Å². The number of nitrogens with one attached hydrogen (secondary N) is 1. The second-order valence-corrected chi connectivity index (χ2v) is 4.84. The van der Waals surface area contributed by atoms with Gasteiger partial charge in [-0.3, -0.25) is 14.5 Å². The summed E-state index contributed by atoms with van der Waals surface area (Å²) < 4.78 is 5.34. The van der Waals surface area contributed by atoms with Crippen LogP contribution in [0, 0.1) is 0 Å². The summed E-state index contributed by atoms with van der Waals surface area (Å²) in [6.45, 7) is 7.70. The molecule has 0 fully saturated rings. The van der Waals surface area contributed by atoms with Gasteiger partial charge in [0, 0.05) is 24.2 Å². The number of likely N-dealkylation sites (N-methyl/N-ethyl adjacent to an activating group) is 2. The fraction of sp³-hybridized carbons (Fsp3) is 0.500. The monoisotopic (exact) mass is 292 g/mol. The third-order valence-electron chi connectivity index (χ3n) is 3.27. The number of hydrogen-bond acceptors (Lipinski definition) is 4. The Balaban J connectivity index is 2.89. The molecule has 116 valence electrons. The molecule has 0 atom stereocenters.